The minimum absolute atomic E-state index is 1.02. The summed E-state index contributed by atoms with van der Waals surface area (Å²) >= 11 is 0. The zero-order valence-electron chi connectivity index (χ0n) is 8.27. The van der Waals surface area contributed by atoms with Crippen LogP contribution in [0.2, 0.25) is 0 Å². The van der Waals surface area contributed by atoms with Gasteiger partial charge >= 0.3 is 0 Å². The Kier molecular flexibility index (Phi) is 3.53. The van der Waals surface area contributed by atoms with Crippen molar-refractivity contribution in [3.05, 3.63) is 31.1 Å². The van der Waals surface area contributed by atoms with E-state index in [1.54, 1.807) is 0 Å². The lowest BCUT2D eigenvalue weighted by atomic mass is 9.97. The lowest BCUT2D eigenvalue weighted by Crippen LogP contribution is -1.98. The molecule has 0 aromatic carbocycles. The molecule has 2 aliphatic carbocycles. The van der Waals surface area contributed by atoms with Gasteiger partial charge in [0.2, 0.25) is 0 Å². The van der Waals surface area contributed by atoms with Gasteiger partial charge in [0.1, 0.15) is 0 Å². The van der Waals surface area contributed by atoms with Crippen LogP contribution >= 0.6 is 0 Å². The summed E-state index contributed by atoms with van der Waals surface area (Å²) in [5.41, 5.74) is 0. The average Bonchev–Trinajstić information content (AvgIpc) is 2.61. The van der Waals surface area contributed by atoms with E-state index in [-0.39, 0.29) is 0 Å². The number of fused-ring (bicyclic) bond motifs is 1. The Morgan fingerprint density at radius 1 is 0.786 bits per heavy atom. The van der Waals surface area contributed by atoms with E-state index in [4.69, 9.17) is 0 Å². The summed E-state index contributed by atoms with van der Waals surface area (Å²) in [6.07, 6.45) is 11.8. The average molecular weight is 181 g/mol. The van der Waals surface area contributed by atoms with Crippen LogP contribution < -0.4 is 0 Å². The van der Waals surface area contributed by atoms with Crippen LogP contribution in [-0.2, 0) is 0 Å². The quantitative estimate of drug-likeness (QED) is 0.504. The summed E-state index contributed by atoms with van der Waals surface area (Å²) < 4.78 is 0. The fraction of sp³-hybridized carbons (Fsp3) is 0.357. The second kappa shape index (κ2) is 5.11. The van der Waals surface area contributed by atoms with Gasteiger partial charge < -0.3 is 0 Å². The first-order valence-electron chi connectivity index (χ1n) is 5.20. The lowest BCUT2D eigenvalue weighted by molar-refractivity contribution is 0.709. The van der Waals surface area contributed by atoms with E-state index in [1.165, 1.54) is 19.3 Å². The molecule has 0 aliphatic heterocycles. The van der Waals surface area contributed by atoms with Crippen LogP contribution in [0.15, 0.2) is 0 Å². The molecule has 0 bridgehead atoms. The topological polar surface area (TPSA) is 0 Å². The molecular formula is C14H13. The second-order valence-electron chi connectivity index (χ2n) is 3.52. The van der Waals surface area contributed by atoms with Crippen LogP contribution in [0.4, 0.5) is 0 Å². The van der Waals surface area contributed by atoms with Crippen LogP contribution in [0.1, 0.15) is 32.1 Å². The summed E-state index contributed by atoms with van der Waals surface area (Å²) in [6.45, 7) is 0. The van der Waals surface area contributed by atoms with Gasteiger partial charge in [0.05, 0.1) is 11.8 Å². The molecule has 1 fully saturated rings. The predicted molar refractivity (Wildman–Crippen MR) is 58.0 cm³/mol. The minimum Gasteiger partial charge on any atom is -0.103 e. The molecule has 14 heavy (non-hydrogen) atoms. The zero-order chi connectivity index (χ0) is 9.64. The summed E-state index contributed by atoms with van der Waals surface area (Å²) in [7, 11) is 0. The maximum absolute atomic E-state index is 3.21. The second-order valence-corrected chi connectivity index (χ2v) is 3.52. The van der Waals surface area contributed by atoms with Gasteiger partial charge in [0.15, 0.2) is 0 Å². The molecule has 0 nitrogen and oxygen atoms in total. The smallest absolute Gasteiger partial charge is 0.0715 e. The van der Waals surface area contributed by atoms with Crippen LogP contribution in [0.25, 0.3) is 0 Å². The molecular weight excluding hydrogens is 168 g/mol. The summed E-state index contributed by atoms with van der Waals surface area (Å²) in [4.78, 5) is 0. The molecule has 2 rings (SSSR count). The van der Waals surface area contributed by atoms with Crippen molar-refractivity contribution >= 4 is 0 Å². The third-order valence-corrected chi connectivity index (χ3v) is 2.37. The Balaban J connectivity index is 2.05. The first-order chi connectivity index (χ1) is 6.97. The van der Waals surface area contributed by atoms with Crippen molar-refractivity contribution in [2.45, 2.75) is 32.1 Å². The highest BCUT2D eigenvalue weighted by molar-refractivity contribution is 5.60. The Morgan fingerprint density at radius 3 is 1.93 bits per heavy atom. The van der Waals surface area contributed by atoms with Gasteiger partial charge in [-0.2, -0.15) is 0 Å². The Labute approximate surface area is 87.5 Å². The minimum atomic E-state index is 1.02. The molecule has 0 spiro atoms. The van der Waals surface area contributed by atoms with E-state index in [0.29, 0.717) is 0 Å². The van der Waals surface area contributed by atoms with Gasteiger partial charge in [-0.1, -0.05) is 18.3 Å². The summed E-state index contributed by atoms with van der Waals surface area (Å²) in [5, 5.41) is 0. The monoisotopic (exact) mass is 181 g/mol. The third-order valence-electron chi connectivity index (χ3n) is 2.37. The SMILES string of the molecule is C1#C[C]2[CH][CH][CH][C]2C#CCCCCC1. The normalized spacial score (nSPS) is 23.7. The molecule has 0 heterocycles. The van der Waals surface area contributed by atoms with Crippen molar-refractivity contribution in [3.8, 4) is 23.7 Å². The molecule has 2 aliphatic rings. The summed E-state index contributed by atoms with van der Waals surface area (Å²) in [6, 6.07) is 0. The largest absolute Gasteiger partial charge is 0.103 e. The van der Waals surface area contributed by atoms with Gasteiger partial charge in [-0.25, -0.2) is 0 Å². The zero-order valence-corrected chi connectivity index (χ0v) is 8.27. The molecule has 0 unspecified atom stereocenters. The molecule has 0 aromatic heterocycles. The van der Waals surface area contributed by atoms with E-state index in [2.05, 4.69) is 36.5 Å². The third kappa shape index (κ3) is 2.55. The first-order valence-corrected chi connectivity index (χ1v) is 5.20. The maximum Gasteiger partial charge on any atom is 0.0715 e. The number of rotatable bonds is 0. The molecule has 0 heteroatoms. The Hall–Kier alpha value is -0.880. The number of hydrogen-bond donors (Lipinski definition) is 0. The molecule has 0 saturated heterocycles. The van der Waals surface area contributed by atoms with Gasteiger partial charge in [0.25, 0.3) is 0 Å². The highest BCUT2D eigenvalue weighted by atomic mass is 14.3. The van der Waals surface area contributed by atoms with Crippen molar-refractivity contribution in [2.24, 2.45) is 0 Å². The van der Waals surface area contributed by atoms with Crippen LogP contribution in [0.3, 0.4) is 0 Å². The van der Waals surface area contributed by atoms with Crippen LogP contribution in [0, 0.1) is 54.8 Å². The highest BCUT2D eigenvalue weighted by Gasteiger charge is 2.26. The Bertz CT molecular complexity index is 261. The van der Waals surface area contributed by atoms with Gasteiger partial charge in [-0.3, -0.25) is 0 Å². The van der Waals surface area contributed by atoms with E-state index in [9.17, 15) is 0 Å². The van der Waals surface area contributed by atoms with Crippen molar-refractivity contribution in [1.82, 2.24) is 0 Å². The molecule has 1 saturated carbocycles. The molecule has 0 atom stereocenters. The fourth-order valence-electron chi connectivity index (χ4n) is 1.56. The van der Waals surface area contributed by atoms with Gasteiger partial charge in [-0.05, 0) is 32.1 Å². The number of hydrogen-bond acceptors (Lipinski definition) is 0. The van der Waals surface area contributed by atoms with Gasteiger partial charge in [0, 0.05) is 12.8 Å². The molecule has 0 N–H and O–H groups in total. The highest BCUT2D eigenvalue weighted by Crippen LogP contribution is 2.32. The Morgan fingerprint density at radius 2 is 1.36 bits per heavy atom. The molecule has 5 radical (unpaired) electrons. The van der Waals surface area contributed by atoms with Gasteiger partial charge in [-0.15, -0.1) is 11.8 Å². The molecule has 69 valence electrons. The van der Waals surface area contributed by atoms with Crippen LogP contribution in [0.5, 0.6) is 0 Å². The maximum atomic E-state index is 3.21. The van der Waals surface area contributed by atoms with Crippen molar-refractivity contribution in [1.29, 1.82) is 0 Å². The standard InChI is InChI=1S/C14H13/c1-2-4-6-9-13-11-8-12-14(13)10-7-5-3-1/h8,11-12H,1-5H2. The van der Waals surface area contributed by atoms with E-state index >= 15 is 0 Å². The first kappa shape index (κ1) is 9.67. The van der Waals surface area contributed by atoms with E-state index < -0.39 is 0 Å². The van der Waals surface area contributed by atoms with Crippen LogP contribution in [-0.4, -0.2) is 0 Å². The van der Waals surface area contributed by atoms with E-state index in [1.807, 2.05) is 6.42 Å². The predicted octanol–water partition coefficient (Wildman–Crippen LogP) is 2.73. The lowest BCUT2D eigenvalue weighted by Gasteiger charge is -2.02. The van der Waals surface area contributed by atoms with Crippen molar-refractivity contribution in [3.63, 3.8) is 0 Å². The van der Waals surface area contributed by atoms with E-state index in [0.717, 1.165) is 24.7 Å². The molecule has 0 aromatic rings. The molecule has 0 amide bonds. The van der Waals surface area contributed by atoms with Crippen molar-refractivity contribution in [2.75, 3.05) is 0 Å². The van der Waals surface area contributed by atoms with Crippen molar-refractivity contribution < 1.29 is 0 Å². The fourth-order valence-corrected chi connectivity index (χ4v) is 1.56. The summed E-state index contributed by atoms with van der Waals surface area (Å²) in [5.74, 6) is 15.0.